The molecular weight excluding hydrogens is 360 g/mol. The minimum atomic E-state index is -0.107. The number of amides is 3. The number of aromatic nitrogens is 1. The Morgan fingerprint density at radius 2 is 2.15 bits per heavy atom. The highest BCUT2D eigenvalue weighted by Crippen LogP contribution is 2.42. The minimum absolute atomic E-state index is 0.107. The van der Waals surface area contributed by atoms with Crippen LogP contribution in [0.4, 0.5) is 9.93 Å². The van der Waals surface area contributed by atoms with Crippen LogP contribution < -0.4 is 10.2 Å². The van der Waals surface area contributed by atoms with Crippen LogP contribution in [0, 0.1) is 0 Å². The van der Waals surface area contributed by atoms with E-state index < -0.39 is 0 Å². The first kappa shape index (κ1) is 16.7. The third-order valence-electron chi connectivity index (χ3n) is 5.62. The van der Waals surface area contributed by atoms with Crippen molar-refractivity contribution in [3.63, 3.8) is 0 Å². The number of nitrogens with one attached hydrogen (secondary N) is 1. The fraction of sp³-hybridized carbons (Fsp3) is 0.450. The Hall–Kier alpha value is -2.41. The van der Waals surface area contributed by atoms with Crippen LogP contribution in [0.1, 0.15) is 42.1 Å². The Balaban J connectivity index is 1.34. The third-order valence-corrected chi connectivity index (χ3v) is 6.54. The lowest BCUT2D eigenvalue weighted by Gasteiger charge is -2.30. The van der Waals surface area contributed by atoms with Crippen molar-refractivity contribution in [2.45, 2.75) is 44.2 Å². The molecule has 1 saturated heterocycles. The second-order valence-corrected chi connectivity index (χ2v) is 8.30. The minimum Gasteiger partial charge on any atom is -0.336 e. The van der Waals surface area contributed by atoms with Crippen molar-refractivity contribution in [3.8, 4) is 0 Å². The van der Waals surface area contributed by atoms with Gasteiger partial charge in [-0.15, -0.1) is 11.3 Å². The smallest absolute Gasteiger partial charge is 0.323 e. The normalized spacial score (nSPS) is 21.3. The van der Waals surface area contributed by atoms with E-state index in [0.717, 1.165) is 31.4 Å². The second kappa shape index (κ2) is 6.64. The largest absolute Gasteiger partial charge is 0.336 e. The van der Waals surface area contributed by atoms with Gasteiger partial charge in [-0.05, 0) is 36.8 Å². The van der Waals surface area contributed by atoms with Gasteiger partial charge in [-0.25, -0.2) is 9.78 Å². The molecule has 1 aliphatic heterocycles. The number of fused-ring (bicyclic) bond motifs is 1. The number of hydrogen-bond acceptors (Lipinski definition) is 4. The summed E-state index contributed by atoms with van der Waals surface area (Å²) in [5.41, 5.74) is 3.44. The van der Waals surface area contributed by atoms with Gasteiger partial charge in [0.1, 0.15) is 0 Å². The summed E-state index contributed by atoms with van der Waals surface area (Å²) in [5.74, 6) is 0.155. The van der Waals surface area contributed by atoms with Crippen molar-refractivity contribution in [1.82, 2.24) is 15.2 Å². The number of rotatable bonds is 5. The van der Waals surface area contributed by atoms with Gasteiger partial charge in [0.05, 0.1) is 18.2 Å². The van der Waals surface area contributed by atoms with Gasteiger partial charge in [-0.1, -0.05) is 24.3 Å². The lowest BCUT2D eigenvalue weighted by atomic mass is 10.1. The van der Waals surface area contributed by atoms with Crippen molar-refractivity contribution in [2.24, 2.45) is 0 Å². The number of carbonyl (C=O) groups is 2. The highest BCUT2D eigenvalue weighted by atomic mass is 32.1. The molecular formula is C20H22N4O2S. The van der Waals surface area contributed by atoms with Gasteiger partial charge in [0.2, 0.25) is 5.91 Å². The molecule has 7 heteroatoms. The van der Waals surface area contributed by atoms with E-state index in [1.807, 2.05) is 5.38 Å². The number of benzene rings is 1. The molecule has 3 amide bonds. The number of hydrogen-bond donors (Lipinski definition) is 1. The SMILES string of the molecule is O=C1NCCN1c1nc(CC(=O)N(C2CC2)C2CCc3ccccc32)cs1. The average Bonchev–Trinajstić information content (AvgIpc) is 3.04. The van der Waals surface area contributed by atoms with Gasteiger partial charge in [-0.3, -0.25) is 9.69 Å². The zero-order valence-electron chi connectivity index (χ0n) is 15.1. The first-order valence-corrected chi connectivity index (χ1v) is 10.5. The molecule has 0 spiro atoms. The topological polar surface area (TPSA) is 65.5 Å². The number of urea groups is 1. The Morgan fingerprint density at radius 3 is 2.93 bits per heavy atom. The number of anilines is 1. The molecule has 0 radical (unpaired) electrons. The monoisotopic (exact) mass is 382 g/mol. The Morgan fingerprint density at radius 1 is 1.30 bits per heavy atom. The molecule has 1 saturated carbocycles. The van der Waals surface area contributed by atoms with E-state index in [0.29, 0.717) is 30.7 Å². The molecule has 1 aromatic carbocycles. The summed E-state index contributed by atoms with van der Waals surface area (Å²) in [4.78, 5) is 33.3. The van der Waals surface area contributed by atoms with Gasteiger partial charge in [-0.2, -0.15) is 0 Å². The Kier molecular flexibility index (Phi) is 4.11. The van der Waals surface area contributed by atoms with E-state index in [1.54, 1.807) is 4.90 Å². The van der Waals surface area contributed by atoms with E-state index in [4.69, 9.17) is 0 Å². The van der Waals surface area contributed by atoms with Crippen LogP contribution in [-0.4, -0.2) is 41.0 Å². The highest BCUT2D eigenvalue weighted by Gasteiger charge is 2.40. The molecule has 2 aliphatic carbocycles. The van der Waals surface area contributed by atoms with E-state index in [9.17, 15) is 9.59 Å². The zero-order chi connectivity index (χ0) is 18.4. The molecule has 140 valence electrons. The molecule has 2 aromatic rings. The van der Waals surface area contributed by atoms with Gasteiger partial charge >= 0.3 is 6.03 Å². The standard InChI is InChI=1S/C20H22N4O2S/c25-18(11-14-12-27-20(22-14)23-10-9-21-19(23)26)24(15-6-7-15)17-8-5-13-3-1-2-4-16(13)17/h1-4,12,15,17H,5-11H2,(H,21,26). The second-order valence-electron chi connectivity index (χ2n) is 7.47. The summed E-state index contributed by atoms with van der Waals surface area (Å²) in [6.45, 7) is 1.27. The summed E-state index contributed by atoms with van der Waals surface area (Å²) in [7, 11) is 0. The van der Waals surface area contributed by atoms with Crippen LogP contribution >= 0.6 is 11.3 Å². The summed E-state index contributed by atoms with van der Waals surface area (Å²) >= 11 is 1.43. The van der Waals surface area contributed by atoms with Gasteiger partial charge in [0.15, 0.2) is 5.13 Å². The first-order chi connectivity index (χ1) is 13.2. The van der Waals surface area contributed by atoms with Crippen LogP contribution in [0.3, 0.4) is 0 Å². The van der Waals surface area contributed by atoms with Crippen LogP contribution in [0.25, 0.3) is 0 Å². The summed E-state index contributed by atoms with van der Waals surface area (Å²) in [6, 6.07) is 8.96. The van der Waals surface area contributed by atoms with Crippen molar-refractivity contribution < 1.29 is 9.59 Å². The van der Waals surface area contributed by atoms with E-state index in [1.165, 1.54) is 22.5 Å². The lowest BCUT2D eigenvalue weighted by Crippen LogP contribution is -2.37. The van der Waals surface area contributed by atoms with Crippen LogP contribution in [0.5, 0.6) is 0 Å². The third kappa shape index (κ3) is 3.10. The molecule has 6 nitrogen and oxygen atoms in total. The molecule has 2 fully saturated rings. The summed E-state index contributed by atoms with van der Waals surface area (Å²) in [6.07, 6.45) is 4.56. The van der Waals surface area contributed by atoms with Gasteiger partial charge in [0, 0.05) is 24.5 Å². The van der Waals surface area contributed by atoms with E-state index >= 15 is 0 Å². The predicted molar refractivity (Wildman–Crippen MR) is 104 cm³/mol. The fourth-order valence-corrected chi connectivity index (χ4v) is 5.06. The molecule has 27 heavy (non-hydrogen) atoms. The Labute approximate surface area is 162 Å². The zero-order valence-corrected chi connectivity index (χ0v) is 15.9. The fourth-order valence-electron chi connectivity index (χ4n) is 4.21. The molecule has 1 aromatic heterocycles. The Bertz CT molecular complexity index is 892. The van der Waals surface area contributed by atoms with Crippen LogP contribution in [0.2, 0.25) is 0 Å². The number of nitrogens with zero attached hydrogens (tertiary/aromatic N) is 3. The van der Waals surface area contributed by atoms with Gasteiger partial charge in [0.25, 0.3) is 0 Å². The summed E-state index contributed by atoms with van der Waals surface area (Å²) < 4.78 is 0. The maximum Gasteiger partial charge on any atom is 0.323 e. The van der Waals surface area contributed by atoms with Crippen molar-refractivity contribution in [1.29, 1.82) is 0 Å². The quantitative estimate of drug-likeness (QED) is 0.865. The molecule has 2 heterocycles. The van der Waals surface area contributed by atoms with Crippen LogP contribution in [0.15, 0.2) is 29.6 Å². The van der Waals surface area contributed by atoms with Crippen molar-refractivity contribution in [3.05, 3.63) is 46.5 Å². The lowest BCUT2D eigenvalue weighted by molar-refractivity contribution is -0.133. The highest BCUT2D eigenvalue weighted by molar-refractivity contribution is 7.14. The molecule has 1 unspecified atom stereocenters. The van der Waals surface area contributed by atoms with Crippen molar-refractivity contribution >= 4 is 28.4 Å². The van der Waals surface area contributed by atoms with Gasteiger partial charge < -0.3 is 10.2 Å². The number of carbonyl (C=O) groups excluding carboxylic acids is 2. The maximum absolute atomic E-state index is 13.2. The maximum atomic E-state index is 13.2. The average molecular weight is 382 g/mol. The molecule has 1 atom stereocenters. The molecule has 5 rings (SSSR count). The van der Waals surface area contributed by atoms with Crippen molar-refractivity contribution in [2.75, 3.05) is 18.0 Å². The number of aryl methyl sites for hydroxylation is 1. The molecule has 3 aliphatic rings. The molecule has 1 N–H and O–H groups in total. The molecule has 0 bridgehead atoms. The van der Waals surface area contributed by atoms with E-state index in [2.05, 4.69) is 39.5 Å². The van der Waals surface area contributed by atoms with E-state index in [-0.39, 0.29) is 18.0 Å². The summed E-state index contributed by atoms with van der Waals surface area (Å²) in [5, 5.41) is 5.37. The first-order valence-electron chi connectivity index (χ1n) is 9.59. The number of thiazole rings is 1. The van der Waals surface area contributed by atoms with Crippen LogP contribution in [-0.2, 0) is 17.6 Å². The predicted octanol–water partition coefficient (Wildman–Crippen LogP) is 2.89.